The maximum Gasteiger partial charge on any atom is 0.263 e. The molecule has 0 spiro atoms. The van der Waals surface area contributed by atoms with E-state index >= 15 is 0 Å². The number of hydrogen-bond acceptors (Lipinski definition) is 3. The van der Waals surface area contributed by atoms with Crippen LogP contribution in [0, 0.1) is 6.92 Å². The molecule has 0 saturated heterocycles. The Bertz CT molecular complexity index is 705. The molecule has 5 nitrogen and oxygen atoms in total. The fourth-order valence-corrected chi connectivity index (χ4v) is 2.05. The fraction of sp³-hybridized carbons (Fsp3) is 0.200. The number of phenolic OH excluding ortho intramolecular Hbond substituents is 1. The van der Waals surface area contributed by atoms with Gasteiger partial charge in [-0.1, -0.05) is 12.1 Å². The van der Waals surface area contributed by atoms with Gasteiger partial charge >= 0.3 is 0 Å². The zero-order valence-electron chi connectivity index (χ0n) is 11.4. The smallest absolute Gasteiger partial charge is 0.263 e. The highest BCUT2D eigenvalue weighted by molar-refractivity contribution is 5.93. The molecule has 0 fully saturated rings. The summed E-state index contributed by atoms with van der Waals surface area (Å²) < 4.78 is 1.47. The molecule has 20 heavy (non-hydrogen) atoms. The average Bonchev–Trinajstić information content (AvgIpc) is 2.41. The van der Waals surface area contributed by atoms with E-state index in [1.165, 1.54) is 11.6 Å². The zero-order chi connectivity index (χ0) is 14.7. The number of aryl methyl sites for hydroxylation is 1. The Morgan fingerprint density at radius 3 is 2.75 bits per heavy atom. The number of benzene rings is 1. The van der Waals surface area contributed by atoms with Crippen molar-refractivity contribution in [3.05, 3.63) is 63.6 Å². The van der Waals surface area contributed by atoms with Crippen LogP contribution in [-0.4, -0.2) is 22.6 Å². The number of rotatable bonds is 3. The number of phenols is 1. The third kappa shape index (κ3) is 2.88. The normalized spacial score (nSPS) is 10.3. The van der Waals surface area contributed by atoms with Gasteiger partial charge in [0.2, 0.25) is 0 Å². The summed E-state index contributed by atoms with van der Waals surface area (Å²) >= 11 is 0. The minimum absolute atomic E-state index is 0.118. The second-order valence-electron chi connectivity index (χ2n) is 4.61. The molecule has 0 saturated carbocycles. The molecule has 0 aliphatic rings. The molecule has 5 heteroatoms. The standard InChI is InChI=1S/C15H16N2O3/c1-10-6-13(14(19)16-2)15(20)17(8-10)9-11-4-3-5-12(18)7-11/h3-8,18H,9H2,1-2H3,(H,16,19). The third-order valence-corrected chi connectivity index (χ3v) is 2.96. The van der Waals surface area contributed by atoms with Crippen LogP contribution in [0.25, 0.3) is 0 Å². The number of carbonyl (C=O) groups excluding carboxylic acids is 1. The lowest BCUT2D eigenvalue weighted by Crippen LogP contribution is -2.31. The molecule has 0 unspecified atom stereocenters. The monoisotopic (exact) mass is 272 g/mol. The summed E-state index contributed by atoms with van der Waals surface area (Å²) in [6.45, 7) is 2.13. The molecule has 1 heterocycles. The van der Waals surface area contributed by atoms with Crippen molar-refractivity contribution in [3.8, 4) is 5.75 Å². The van der Waals surface area contributed by atoms with Crippen LogP contribution in [0.5, 0.6) is 5.75 Å². The predicted octanol–water partition coefficient (Wildman–Crippen LogP) is 1.27. The Hall–Kier alpha value is -2.56. The lowest BCUT2D eigenvalue weighted by atomic mass is 10.1. The molecular weight excluding hydrogens is 256 g/mol. The number of nitrogens with one attached hydrogen (secondary N) is 1. The summed E-state index contributed by atoms with van der Waals surface area (Å²) in [7, 11) is 1.49. The SMILES string of the molecule is CNC(=O)c1cc(C)cn(Cc2cccc(O)c2)c1=O. The summed E-state index contributed by atoms with van der Waals surface area (Å²) in [6.07, 6.45) is 1.69. The molecule has 1 amide bonds. The van der Waals surface area contributed by atoms with Crippen molar-refractivity contribution in [1.29, 1.82) is 0 Å². The predicted molar refractivity (Wildman–Crippen MR) is 76.0 cm³/mol. The van der Waals surface area contributed by atoms with Crippen LogP contribution in [0.15, 0.2) is 41.3 Å². The van der Waals surface area contributed by atoms with E-state index in [-0.39, 0.29) is 16.9 Å². The quantitative estimate of drug-likeness (QED) is 0.884. The number of carbonyl (C=O) groups is 1. The zero-order valence-corrected chi connectivity index (χ0v) is 11.4. The molecule has 0 radical (unpaired) electrons. The number of amides is 1. The van der Waals surface area contributed by atoms with E-state index in [1.807, 2.05) is 13.0 Å². The van der Waals surface area contributed by atoms with Gasteiger partial charge in [0.15, 0.2) is 0 Å². The molecule has 2 rings (SSSR count). The number of nitrogens with zero attached hydrogens (tertiary/aromatic N) is 1. The first-order valence-electron chi connectivity index (χ1n) is 6.22. The summed E-state index contributed by atoms with van der Waals surface area (Å²) in [6, 6.07) is 8.26. The van der Waals surface area contributed by atoms with E-state index in [4.69, 9.17) is 0 Å². The van der Waals surface area contributed by atoms with E-state index in [0.29, 0.717) is 6.54 Å². The van der Waals surface area contributed by atoms with Crippen LogP contribution in [0.3, 0.4) is 0 Å². The Labute approximate surface area is 116 Å². The van der Waals surface area contributed by atoms with E-state index in [0.717, 1.165) is 11.1 Å². The summed E-state index contributed by atoms with van der Waals surface area (Å²) in [5, 5.41) is 11.9. The van der Waals surface area contributed by atoms with E-state index in [9.17, 15) is 14.7 Å². The summed E-state index contributed by atoms with van der Waals surface area (Å²) in [4.78, 5) is 23.9. The largest absolute Gasteiger partial charge is 0.508 e. The first-order chi connectivity index (χ1) is 9.51. The molecular formula is C15H16N2O3. The fourth-order valence-electron chi connectivity index (χ4n) is 2.05. The highest BCUT2D eigenvalue weighted by atomic mass is 16.3. The lowest BCUT2D eigenvalue weighted by Gasteiger charge is -2.10. The van der Waals surface area contributed by atoms with Crippen molar-refractivity contribution >= 4 is 5.91 Å². The lowest BCUT2D eigenvalue weighted by molar-refractivity contribution is 0.0961. The van der Waals surface area contributed by atoms with Gasteiger partial charge in [0.05, 0.1) is 6.54 Å². The van der Waals surface area contributed by atoms with Crippen molar-refractivity contribution in [2.24, 2.45) is 0 Å². The Balaban J connectivity index is 2.45. The molecule has 1 aromatic carbocycles. The molecule has 0 atom stereocenters. The molecule has 0 aliphatic carbocycles. The van der Waals surface area contributed by atoms with Gasteiger partial charge in [0.25, 0.3) is 11.5 Å². The Kier molecular flexibility index (Phi) is 3.89. The second-order valence-corrected chi connectivity index (χ2v) is 4.61. The van der Waals surface area contributed by atoms with Gasteiger partial charge in [-0.05, 0) is 36.2 Å². The molecule has 2 aromatic rings. The topological polar surface area (TPSA) is 71.3 Å². The molecule has 2 N–H and O–H groups in total. The Morgan fingerprint density at radius 1 is 1.35 bits per heavy atom. The summed E-state index contributed by atoms with van der Waals surface area (Å²) in [5.41, 5.74) is 1.38. The maximum atomic E-state index is 12.3. The van der Waals surface area contributed by atoms with Gasteiger partial charge in [-0.15, -0.1) is 0 Å². The van der Waals surface area contributed by atoms with Crippen LogP contribution >= 0.6 is 0 Å². The minimum Gasteiger partial charge on any atom is -0.508 e. The van der Waals surface area contributed by atoms with E-state index in [2.05, 4.69) is 5.32 Å². The highest BCUT2D eigenvalue weighted by Gasteiger charge is 2.12. The van der Waals surface area contributed by atoms with Crippen LogP contribution in [0.2, 0.25) is 0 Å². The first kappa shape index (κ1) is 13.9. The van der Waals surface area contributed by atoms with Gasteiger partial charge < -0.3 is 15.0 Å². The first-order valence-corrected chi connectivity index (χ1v) is 6.22. The van der Waals surface area contributed by atoms with E-state index in [1.54, 1.807) is 30.5 Å². The van der Waals surface area contributed by atoms with Crippen molar-refractivity contribution in [2.75, 3.05) is 7.05 Å². The third-order valence-electron chi connectivity index (χ3n) is 2.96. The molecule has 0 aliphatic heterocycles. The van der Waals surface area contributed by atoms with Gasteiger partial charge in [-0.2, -0.15) is 0 Å². The second kappa shape index (κ2) is 5.61. The minimum atomic E-state index is -0.400. The molecule has 0 bridgehead atoms. The van der Waals surface area contributed by atoms with Crippen LogP contribution in [0.1, 0.15) is 21.5 Å². The van der Waals surface area contributed by atoms with Crippen LogP contribution in [0.4, 0.5) is 0 Å². The van der Waals surface area contributed by atoms with Crippen molar-refractivity contribution in [3.63, 3.8) is 0 Å². The Morgan fingerprint density at radius 2 is 2.10 bits per heavy atom. The molecule has 1 aromatic heterocycles. The van der Waals surface area contributed by atoms with Crippen molar-refractivity contribution in [2.45, 2.75) is 13.5 Å². The number of aromatic hydroxyl groups is 1. The summed E-state index contributed by atoms with van der Waals surface area (Å²) in [5.74, 6) is -0.252. The van der Waals surface area contributed by atoms with Crippen molar-refractivity contribution in [1.82, 2.24) is 9.88 Å². The highest BCUT2D eigenvalue weighted by Crippen LogP contribution is 2.12. The maximum absolute atomic E-state index is 12.3. The van der Waals surface area contributed by atoms with Crippen LogP contribution in [-0.2, 0) is 6.54 Å². The number of pyridine rings is 1. The van der Waals surface area contributed by atoms with Gasteiger partial charge in [0.1, 0.15) is 11.3 Å². The molecule has 104 valence electrons. The van der Waals surface area contributed by atoms with Gasteiger partial charge in [0, 0.05) is 13.2 Å². The number of aromatic nitrogens is 1. The van der Waals surface area contributed by atoms with Gasteiger partial charge in [-0.3, -0.25) is 9.59 Å². The average molecular weight is 272 g/mol. The van der Waals surface area contributed by atoms with Crippen molar-refractivity contribution < 1.29 is 9.90 Å². The van der Waals surface area contributed by atoms with E-state index < -0.39 is 5.91 Å². The number of hydrogen-bond donors (Lipinski definition) is 2. The van der Waals surface area contributed by atoms with Crippen LogP contribution < -0.4 is 10.9 Å². The van der Waals surface area contributed by atoms with Gasteiger partial charge in [-0.25, -0.2) is 0 Å².